The molecule has 0 aromatic carbocycles. The van der Waals surface area contributed by atoms with E-state index in [2.05, 4.69) is 17.1 Å². The molecule has 1 amide bonds. The first-order valence-corrected chi connectivity index (χ1v) is 7.40. The van der Waals surface area contributed by atoms with Gasteiger partial charge in [0.1, 0.15) is 0 Å². The highest BCUT2D eigenvalue weighted by Gasteiger charge is 2.30. The molecule has 0 spiro atoms. The Bertz CT molecular complexity index is 446. The van der Waals surface area contributed by atoms with Gasteiger partial charge < -0.3 is 15.2 Å². The van der Waals surface area contributed by atoms with E-state index in [0.717, 1.165) is 25.8 Å². The third-order valence-corrected chi connectivity index (χ3v) is 4.03. The highest BCUT2D eigenvalue weighted by molar-refractivity contribution is 5.76. The normalized spacial score (nSPS) is 23.1. The summed E-state index contributed by atoms with van der Waals surface area (Å²) in [6, 6.07) is 0.196. The van der Waals surface area contributed by atoms with Crippen molar-refractivity contribution in [1.82, 2.24) is 15.0 Å². The number of nitrogens with two attached hydrogens (primary N) is 1. The summed E-state index contributed by atoms with van der Waals surface area (Å²) in [4.78, 5) is 18.4. The van der Waals surface area contributed by atoms with E-state index >= 15 is 0 Å². The van der Waals surface area contributed by atoms with Gasteiger partial charge >= 0.3 is 0 Å². The van der Waals surface area contributed by atoms with Crippen molar-refractivity contribution in [3.8, 4) is 0 Å². The molecule has 2 atom stereocenters. The Labute approximate surface area is 119 Å². The lowest BCUT2D eigenvalue weighted by molar-refractivity contribution is -0.136. The molecule has 0 saturated carbocycles. The van der Waals surface area contributed by atoms with Crippen LogP contribution in [0.15, 0.2) is 4.52 Å². The second-order valence-electron chi connectivity index (χ2n) is 5.60. The summed E-state index contributed by atoms with van der Waals surface area (Å²) in [5.41, 5.74) is 5.82. The summed E-state index contributed by atoms with van der Waals surface area (Å²) in [6.07, 6.45) is 4.15. The van der Waals surface area contributed by atoms with Gasteiger partial charge in [-0.25, -0.2) is 0 Å². The van der Waals surface area contributed by atoms with Crippen LogP contribution in [0, 0.1) is 12.8 Å². The third-order valence-electron chi connectivity index (χ3n) is 4.03. The Kier molecular flexibility index (Phi) is 5.11. The minimum atomic E-state index is 0.196. The fourth-order valence-corrected chi connectivity index (χ4v) is 2.89. The number of aromatic nitrogens is 2. The van der Waals surface area contributed by atoms with Crippen molar-refractivity contribution in [2.75, 3.05) is 13.1 Å². The van der Waals surface area contributed by atoms with E-state index in [1.54, 1.807) is 6.92 Å². The number of aryl methyl sites for hydroxylation is 2. The second-order valence-corrected chi connectivity index (χ2v) is 5.60. The molecule has 2 N–H and O–H groups in total. The van der Waals surface area contributed by atoms with E-state index < -0.39 is 0 Å². The topological polar surface area (TPSA) is 85.2 Å². The lowest BCUT2D eigenvalue weighted by atomic mass is 9.90. The van der Waals surface area contributed by atoms with E-state index in [0.29, 0.717) is 37.0 Å². The van der Waals surface area contributed by atoms with Crippen molar-refractivity contribution < 1.29 is 9.32 Å². The lowest BCUT2D eigenvalue weighted by Crippen LogP contribution is -2.51. The van der Waals surface area contributed by atoms with Crippen LogP contribution in [-0.2, 0) is 11.2 Å². The maximum absolute atomic E-state index is 12.3. The van der Waals surface area contributed by atoms with Crippen molar-refractivity contribution in [2.24, 2.45) is 11.7 Å². The second kappa shape index (κ2) is 6.83. The molecule has 1 aliphatic rings. The van der Waals surface area contributed by atoms with Crippen molar-refractivity contribution in [3.05, 3.63) is 11.7 Å². The van der Waals surface area contributed by atoms with Gasteiger partial charge in [-0.15, -0.1) is 0 Å². The Balaban J connectivity index is 1.81. The fourth-order valence-electron chi connectivity index (χ4n) is 2.89. The first-order chi connectivity index (χ1) is 9.61. The van der Waals surface area contributed by atoms with Gasteiger partial charge in [0.2, 0.25) is 11.8 Å². The molecular weight excluding hydrogens is 256 g/mol. The van der Waals surface area contributed by atoms with E-state index in [1.165, 1.54) is 0 Å². The van der Waals surface area contributed by atoms with Crippen LogP contribution >= 0.6 is 0 Å². The first-order valence-electron chi connectivity index (χ1n) is 7.40. The molecule has 1 aromatic heterocycles. The monoisotopic (exact) mass is 280 g/mol. The molecule has 6 heteroatoms. The van der Waals surface area contributed by atoms with Crippen molar-refractivity contribution in [3.63, 3.8) is 0 Å². The van der Waals surface area contributed by atoms with Gasteiger partial charge in [-0.3, -0.25) is 4.79 Å². The zero-order valence-corrected chi connectivity index (χ0v) is 12.3. The average molecular weight is 280 g/mol. The van der Waals surface area contributed by atoms with Crippen molar-refractivity contribution >= 4 is 5.91 Å². The molecule has 1 aliphatic heterocycles. The largest absolute Gasteiger partial charge is 0.339 e. The molecular formula is C14H24N4O2. The lowest BCUT2D eigenvalue weighted by Gasteiger charge is -2.39. The van der Waals surface area contributed by atoms with Crippen LogP contribution in [0.3, 0.4) is 0 Å². The van der Waals surface area contributed by atoms with Gasteiger partial charge in [0.05, 0.1) is 0 Å². The maximum atomic E-state index is 12.3. The van der Waals surface area contributed by atoms with Crippen LogP contribution in [0.2, 0.25) is 0 Å². The Morgan fingerprint density at radius 1 is 1.55 bits per heavy atom. The minimum Gasteiger partial charge on any atom is -0.339 e. The SMILES string of the molecule is Cc1noc(CCCC(=O)N2CCC[C@@H](C)[C@@H]2CN)n1. The Hall–Kier alpha value is -1.43. The molecule has 0 radical (unpaired) electrons. The van der Waals surface area contributed by atoms with Crippen LogP contribution in [0.25, 0.3) is 0 Å². The zero-order valence-electron chi connectivity index (χ0n) is 12.3. The molecule has 20 heavy (non-hydrogen) atoms. The zero-order chi connectivity index (χ0) is 14.5. The molecule has 0 unspecified atom stereocenters. The Morgan fingerprint density at radius 3 is 3.00 bits per heavy atom. The molecule has 1 saturated heterocycles. The van der Waals surface area contributed by atoms with Crippen LogP contribution < -0.4 is 5.73 Å². The predicted molar refractivity (Wildman–Crippen MR) is 74.9 cm³/mol. The molecule has 1 fully saturated rings. The number of rotatable bonds is 5. The summed E-state index contributed by atoms with van der Waals surface area (Å²) in [5.74, 6) is 1.94. The fraction of sp³-hybridized carbons (Fsp3) is 0.786. The molecule has 0 bridgehead atoms. The highest BCUT2D eigenvalue weighted by Crippen LogP contribution is 2.23. The molecule has 2 rings (SSSR count). The van der Waals surface area contributed by atoms with E-state index in [4.69, 9.17) is 10.3 Å². The highest BCUT2D eigenvalue weighted by atomic mass is 16.5. The van der Waals surface area contributed by atoms with Gasteiger partial charge in [-0.1, -0.05) is 12.1 Å². The summed E-state index contributed by atoms with van der Waals surface area (Å²) in [6.45, 7) is 5.36. The minimum absolute atomic E-state index is 0.196. The predicted octanol–water partition coefficient (Wildman–Crippen LogP) is 1.29. The van der Waals surface area contributed by atoms with Crippen LogP contribution in [-0.4, -0.2) is 40.1 Å². The summed E-state index contributed by atoms with van der Waals surface area (Å²) >= 11 is 0. The average Bonchev–Trinajstić information content (AvgIpc) is 2.84. The molecule has 0 aliphatic carbocycles. The third kappa shape index (κ3) is 3.56. The summed E-state index contributed by atoms with van der Waals surface area (Å²) in [7, 11) is 0. The van der Waals surface area contributed by atoms with Crippen LogP contribution in [0.5, 0.6) is 0 Å². The maximum Gasteiger partial charge on any atom is 0.226 e. The van der Waals surface area contributed by atoms with Crippen molar-refractivity contribution in [1.29, 1.82) is 0 Å². The van der Waals surface area contributed by atoms with Gasteiger partial charge in [0, 0.05) is 32.0 Å². The molecule has 1 aromatic rings. The number of likely N-dealkylation sites (tertiary alicyclic amines) is 1. The number of amides is 1. The van der Waals surface area contributed by atoms with Gasteiger partial charge in [-0.05, 0) is 32.1 Å². The van der Waals surface area contributed by atoms with Gasteiger partial charge in [-0.2, -0.15) is 4.98 Å². The number of hydrogen-bond acceptors (Lipinski definition) is 5. The molecule has 6 nitrogen and oxygen atoms in total. The van der Waals surface area contributed by atoms with Crippen LogP contribution in [0.1, 0.15) is 44.3 Å². The summed E-state index contributed by atoms with van der Waals surface area (Å²) < 4.78 is 5.04. The Morgan fingerprint density at radius 2 is 2.35 bits per heavy atom. The first kappa shape index (κ1) is 15.0. The van der Waals surface area contributed by atoms with Gasteiger partial charge in [0.25, 0.3) is 0 Å². The number of hydrogen-bond donors (Lipinski definition) is 1. The summed E-state index contributed by atoms with van der Waals surface area (Å²) in [5, 5.41) is 3.74. The van der Waals surface area contributed by atoms with E-state index in [9.17, 15) is 4.79 Å². The van der Waals surface area contributed by atoms with E-state index in [-0.39, 0.29) is 11.9 Å². The van der Waals surface area contributed by atoms with Crippen molar-refractivity contribution in [2.45, 2.75) is 52.0 Å². The molecule has 2 heterocycles. The van der Waals surface area contributed by atoms with E-state index in [1.807, 2.05) is 4.90 Å². The smallest absolute Gasteiger partial charge is 0.226 e. The molecule has 112 valence electrons. The van der Waals surface area contributed by atoms with Crippen LogP contribution in [0.4, 0.5) is 0 Å². The number of nitrogens with zero attached hydrogens (tertiary/aromatic N) is 3. The number of carbonyl (C=O) groups excluding carboxylic acids is 1. The standard InChI is InChI=1S/C14H24N4O2/c1-10-5-4-8-18(12(10)9-15)14(19)7-3-6-13-16-11(2)17-20-13/h10,12H,3-9,15H2,1-2H3/t10-,12+/m1/s1. The number of piperidine rings is 1. The van der Waals surface area contributed by atoms with Gasteiger partial charge in [0.15, 0.2) is 5.82 Å². The number of carbonyl (C=O) groups is 1. The quantitative estimate of drug-likeness (QED) is 0.878.